The number of benzene rings is 1. The normalized spacial score (nSPS) is 14.1. The van der Waals surface area contributed by atoms with Crippen LogP contribution in [-0.4, -0.2) is 22.8 Å². The van der Waals surface area contributed by atoms with E-state index >= 15 is 0 Å². The predicted molar refractivity (Wildman–Crippen MR) is 135 cm³/mol. The Kier molecular flexibility index (Phi) is 10.2. The van der Waals surface area contributed by atoms with E-state index in [0.717, 1.165) is 5.56 Å². The van der Waals surface area contributed by atoms with Crippen molar-refractivity contribution in [3.63, 3.8) is 0 Å². The highest BCUT2D eigenvalue weighted by atomic mass is 32.1. The topological polar surface area (TPSA) is 122 Å². The van der Waals surface area contributed by atoms with E-state index in [-0.39, 0.29) is 18.1 Å². The first-order valence-electron chi connectivity index (χ1n) is 11.5. The largest absolute Gasteiger partial charge is 0.293 e. The molecule has 0 fully saturated rings. The Morgan fingerprint density at radius 1 is 1.21 bits per heavy atom. The van der Waals surface area contributed by atoms with Crippen LogP contribution in [0.3, 0.4) is 0 Å². The van der Waals surface area contributed by atoms with Gasteiger partial charge in [0.15, 0.2) is 5.78 Å². The number of Topliss-reactive ketones (excluding diaryl/α,β-unsaturated/α-hetero) is 1. The minimum atomic E-state index is -1.33. The molecule has 0 unspecified atom stereocenters. The van der Waals surface area contributed by atoms with Crippen LogP contribution in [0.1, 0.15) is 78.7 Å². The SMILES string of the molecule is CCC[C@](CC(C)C)(C(=O)NN)C(=O)c1c(C)csc1[C@@H](C/C=C/c1ccccc1)C(=O)NO. The van der Waals surface area contributed by atoms with Crippen LogP contribution < -0.4 is 16.7 Å². The smallest absolute Gasteiger partial charge is 0.252 e. The summed E-state index contributed by atoms with van der Waals surface area (Å²) in [4.78, 5) is 40.3. The number of carbonyl (C=O) groups excluding carboxylic acids is 3. The summed E-state index contributed by atoms with van der Waals surface area (Å²) in [5.74, 6) is 3.35. The average molecular weight is 486 g/mol. The standard InChI is InChI=1S/C26H35N3O4S/c1-5-14-26(15-17(2)3,25(32)28-27)23(30)21-18(4)16-34-22(21)20(24(31)29-33)13-9-12-19-10-7-6-8-11-19/h6-12,16-17,20,33H,5,13-15,27H2,1-4H3,(H,28,32)(H,29,31)/b12-9+/t20-,26-/m1/s1. The lowest BCUT2D eigenvalue weighted by Crippen LogP contribution is -2.50. The van der Waals surface area contributed by atoms with Gasteiger partial charge >= 0.3 is 0 Å². The predicted octanol–water partition coefficient (Wildman–Crippen LogP) is 4.75. The van der Waals surface area contributed by atoms with E-state index < -0.39 is 23.1 Å². The summed E-state index contributed by atoms with van der Waals surface area (Å²) in [6.45, 7) is 7.63. The second kappa shape index (κ2) is 12.6. The molecule has 0 spiro atoms. The zero-order valence-electron chi connectivity index (χ0n) is 20.3. The molecule has 2 atom stereocenters. The quantitative estimate of drug-likeness (QED) is 0.0863. The Hall–Kier alpha value is -2.81. The molecular formula is C26H35N3O4S. The molecule has 0 bridgehead atoms. The van der Waals surface area contributed by atoms with Crippen LogP contribution in [-0.2, 0) is 9.59 Å². The van der Waals surface area contributed by atoms with Crippen molar-refractivity contribution in [2.45, 2.75) is 59.3 Å². The van der Waals surface area contributed by atoms with Gasteiger partial charge in [0.05, 0.1) is 5.92 Å². The van der Waals surface area contributed by atoms with Crippen molar-refractivity contribution in [2.75, 3.05) is 0 Å². The van der Waals surface area contributed by atoms with Crippen molar-refractivity contribution in [3.8, 4) is 0 Å². The molecule has 2 amide bonds. The van der Waals surface area contributed by atoms with Gasteiger partial charge in [-0.05, 0) is 48.6 Å². The maximum Gasteiger partial charge on any atom is 0.252 e. The summed E-state index contributed by atoms with van der Waals surface area (Å²) in [7, 11) is 0. The Bertz CT molecular complexity index is 1020. The molecule has 7 nitrogen and oxygen atoms in total. The fraction of sp³-hybridized carbons (Fsp3) is 0.423. The first-order valence-corrected chi connectivity index (χ1v) is 12.4. The van der Waals surface area contributed by atoms with Gasteiger partial charge in [0.1, 0.15) is 5.41 Å². The molecule has 0 aliphatic carbocycles. The third-order valence-electron chi connectivity index (χ3n) is 5.89. The number of carbonyl (C=O) groups is 3. The number of hydrogen-bond acceptors (Lipinski definition) is 6. The number of aryl methyl sites for hydroxylation is 1. The van der Waals surface area contributed by atoms with Crippen molar-refractivity contribution >= 4 is 35.0 Å². The number of thiophene rings is 1. The molecule has 0 radical (unpaired) electrons. The molecular weight excluding hydrogens is 450 g/mol. The van der Waals surface area contributed by atoms with E-state index in [2.05, 4.69) is 5.43 Å². The fourth-order valence-electron chi connectivity index (χ4n) is 4.45. The van der Waals surface area contributed by atoms with E-state index in [1.165, 1.54) is 11.3 Å². The lowest BCUT2D eigenvalue weighted by atomic mass is 9.69. The van der Waals surface area contributed by atoms with Crippen molar-refractivity contribution < 1.29 is 19.6 Å². The monoisotopic (exact) mass is 485 g/mol. The molecule has 34 heavy (non-hydrogen) atoms. The highest BCUT2D eigenvalue weighted by molar-refractivity contribution is 7.10. The maximum absolute atomic E-state index is 14.1. The third-order valence-corrected chi connectivity index (χ3v) is 7.10. The molecule has 0 aliphatic heterocycles. The zero-order chi connectivity index (χ0) is 25.3. The van der Waals surface area contributed by atoms with Crippen LogP contribution in [0.15, 0.2) is 41.8 Å². The molecule has 0 saturated heterocycles. The number of rotatable bonds is 12. The number of ketones is 1. The molecule has 8 heteroatoms. The van der Waals surface area contributed by atoms with Gasteiger partial charge in [-0.1, -0.05) is 69.7 Å². The van der Waals surface area contributed by atoms with Gasteiger partial charge in [0, 0.05) is 10.4 Å². The molecule has 2 rings (SSSR count). The Labute approximate surface area is 205 Å². The second-order valence-electron chi connectivity index (χ2n) is 8.97. The Balaban J connectivity index is 2.55. The first-order chi connectivity index (χ1) is 16.2. The summed E-state index contributed by atoms with van der Waals surface area (Å²) in [5.41, 5.74) is 4.65. The molecule has 0 saturated carbocycles. The van der Waals surface area contributed by atoms with E-state index in [9.17, 15) is 19.6 Å². The minimum absolute atomic E-state index is 0.0699. The van der Waals surface area contributed by atoms with Gasteiger partial charge in [-0.25, -0.2) is 11.3 Å². The summed E-state index contributed by atoms with van der Waals surface area (Å²) >= 11 is 1.29. The molecule has 0 aliphatic rings. The van der Waals surface area contributed by atoms with Crippen molar-refractivity contribution in [3.05, 3.63) is 63.4 Å². The van der Waals surface area contributed by atoms with Crippen LogP contribution in [0.2, 0.25) is 0 Å². The van der Waals surface area contributed by atoms with Gasteiger partial charge in [-0.3, -0.25) is 25.0 Å². The molecule has 1 aromatic heterocycles. The van der Waals surface area contributed by atoms with E-state index in [0.29, 0.717) is 35.3 Å². The summed E-state index contributed by atoms with van der Waals surface area (Å²) in [6.07, 6.45) is 5.30. The van der Waals surface area contributed by atoms with Gasteiger partial charge in [0.25, 0.3) is 5.91 Å². The van der Waals surface area contributed by atoms with Crippen LogP contribution in [0, 0.1) is 18.3 Å². The van der Waals surface area contributed by atoms with Crippen molar-refractivity contribution in [2.24, 2.45) is 17.2 Å². The Morgan fingerprint density at radius 3 is 2.44 bits per heavy atom. The molecule has 1 heterocycles. The lowest BCUT2D eigenvalue weighted by Gasteiger charge is -2.32. The number of hydrogen-bond donors (Lipinski definition) is 4. The minimum Gasteiger partial charge on any atom is -0.293 e. The van der Waals surface area contributed by atoms with E-state index in [1.807, 2.05) is 68.6 Å². The average Bonchev–Trinajstić information content (AvgIpc) is 3.21. The number of nitrogens with two attached hydrogens (primary N) is 1. The lowest BCUT2D eigenvalue weighted by molar-refractivity contribution is -0.130. The molecule has 184 valence electrons. The summed E-state index contributed by atoms with van der Waals surface area (Å²) in [5, 5.41) is 11.2. The summed E-state index contributed by atoms with van der Waals surface area (Å²) in [6, 6.07) is 9.64. The number of hydrazine groups is 1. The van der Waals surface area contributed by atoms with Gasteiger partial charge in [-0.2, -0.15) is 0 Å². The van der Waals surface area contributed by atoms with Crippen LogP contribution in [0.25, 0.3) is 6.08 Å². The van der Waals surface area contributed by atoms with Crippen molar-refractivity contribution in [1.82, 2.24) is 10.9 Å². The van der Waals surface area contributed by atoms with Crippen LogP contribution >= 0.6 is 11.3 Å². The summed E-state index contributed by atoms with van der Waals surface area (Å²) < 4.78 is 0. The second-order valence-corrected chi connectivity index (χ2v) is 9.88. The maximum atomic E-state index is 14.1. The van der Waals surface area contributed by atoms with Crippen molar-refractivity contribution in [1.29, 1.82) is 0 Å². The number of amides is 2. The molecule has 5 N–H and O–H groups in total. The molecule has 2 aromatic rings. The van der Waals surface area contributed by atoms with Gasteiger partial charge < -0.3 is 0 Å². The third kappa shape index (κ3) is 6.20. The first kappa shape index (κ1) is 27.4. The molecule has 1 aromatic carbocycles. The number of hydroxylamine groups is 1. The Morgan fingerprint density at radius 2 is 1.88 bits per heavy atom. The van der Waals surface area contributed by atoms with E-state index in [4.69, 9.17) is 5.84 Å². The number of allylic oxidation sites excluding steroid dienone is 1. The van der Waals surface area contributed by atoms with Gasteiger partial charge in [-0.15, -0.1) is 11.3 Å². The van der Waals surface area contributed by atoms with E-state index in [1.54, 1.807) is 12.4 Å². The van der Waals surface area contributed by atoms with Crippen LogP contribution in [0.5, 0.6) is 0 Å². The highest BCUT2D eigenvalue weighted by Crippen LogP contribution is 2.41. The van der Waals surface area contributed by atoms with Crippen LogP contribution in [0.4, 0.5) is 0 Å². The van der Waals surface area contributed by atoms with Gasteiger partial charge in [0.2, 0.25) is 5.91 Å². The number of nitrogens with one attached hydrogen (secondary N) is 2. The zero-order valence-corrected chi connectivity index (χ0v) is 21.1. The fourth-order valence-corrected chi connectivity index (χ4v) is 5.61. The highest BCUT2D eigenvalue weighted by Gasteiger charge is 2.47.